The molecule has 0 aliphatic carbocycles. The molecule has 3 rings (SSSR count). The lowest BCUT2D eigenvalue weighted by Gasteiger charge is -2.08. The van der Waals surface area contributed by atoms with Gasteiger partial charge in [-0.3, -0.25) is 4.98 Å². The predicted octanol–water partition coefficient (Wildman–Crippen LogP) is 4.03. The van der Waals surface area contributed by atoms with Gasteiger partial charge < -0.3 is 5.32 Å². The zero-order valence-electron chi connectivity index (χ0n) is 11.6. The first-order valence-corrected chi connectivity index (χ1v) is 7.70. The summed E-state index contributed by atoms with van der Waals surface area (Å²) in [4.78, 5) is 9.09. The third-order valence-electron chi connectivity index (χ3n) is 3.33. The number of aromatic nitrogens is 2. The smallest absolute Gasteiger partial charge is 0.123 e. The highest BCUT2D eigenvalue weighted by atomic mass is 32.1. The van der Waals surface area contributed by atoms with Gasteiger partial charge >= 0.3 is 0 Å². The molecule has 2 heterocycles. The lowest BCUT2D eigenvalue weighted by atomic mass is 10.1. The molecule has 0 aliphatic heterocycles. The first kappa shape index (κ1) is 13.2. The first-order valence-electron chi connectivity index (χ1n) is 6.82. The van der Waals surface area contributed by atoms with Crippen LogP contribution in [-0.2, 0) is 0 Å². The zero-order valence-corrected chi connectivity index (χ0v) is 12.4. The average Bonchev–Trinajstić information content (AvgIpc) is 2.97. The predicted molar refractivity (Wildman–Crippen MR) is 84.9 cm³/mol. The fraction of sp³-hybridized carbons (Fsp3) is 0.250. The Morgan fingerprint density at radius 3 is 3.05 bits per heavy atom. The molecule has 1 atom stereocenters. The van der Waals surface area contributed by atoms with Gasteiger partial charge in [-0.25, -0.2) is 4.98 Å². The molecule has 0 amide bonds. The molecular weight excluding hydrogens is 266 g/mol. The number of hydrogen-bond acceptors (Lipinski definition) is 4. The number of hydrogen-bond donors (Lipinski definition) is 1. The Kier molecular flexibility index (Phi) is 3.76. The van der Waals surface area contributed by atoms with Gasteiger partial charge in [0, 0.05) is 28.6 Å². The summed E-state index contributed by atoms with van der Waals surface area (Å²) < 4.78 is 0. The zero-order chi connectivity index (χ0) is 13.9. The molecular formula is C16H17N3S. The second-order valence-corrected chi connectivity index (χ2v) is 5.63. The molecule has 3 nitrogen and oxygen atoms in total. The molecule has 2 aromatic heterocycles. The summed E-state index contributed by atoms with van der Waals surface area (Å²) in [6.45, 7) is 5.21. The molecule has 0 spiro atoms. The van der Waals surface area contributed by atoms with Gasteiger partial charge in [0.1, 0.15) is 5.01 Å². The monoisotopic (exact) mass is 283 g/mol. The number of pyridine rings is 1. The second-order valence-electron chi connectivity index (χ2n) is 4.77. The van der Waals surface area contributed by atoms with E-state index in [0.717, 1.165) is 33.7 Å². The van der Waals surface area contributed by atoms with Gasteiger partial charge in [0.2, 0.25) is 0 Å². The summed E-state index contributed by atoms with van der Waals surface area (Å²) >= 11 is 1.69. The summed E-state index contributed by atoms with van der Waals surface area (Å²) in [7, 11) is 0. The third kappa shape index (κ3) is 2.57. The van der Waals surface area contributed by atoms with E-state index in [0.29, 0.717) is 6.04 Å². The maximum atomic E-state index is 4.74. The van der Waals surface area contributed by atoms with Crippen LogP contribution in [0.3, 0.4) is 0 Å². The van der Waals surface area contributed by atoms with E-state index in [1.54, 1.807) is 11.3 Å². The van der Waals surface area contributed by atoms with Crippen molar-refractivity contribution in [3.05, 3.63) is 47.6 Å². The molecule has 3 aromatic rings. The van der Waals surface area contributed by atoms with E-state index < -0.39 is 0 Å². The van der Waals surface area contributed by atoms with Crippen LogP contribution in [0.15, 0.2) is 41.9 Å². The van der Waals surface area contributed by atoms with Crippen molar-refractivity contribution in [2.45, 2.75) is 19.9 Å². The molecule has 0 aliphatic rings. The van der Waals surface area contributed by atoms with Crippen molar-refractivity contribution in [1.82, 2.24) is 15.3 Å². The Labute approximate surface area is 122 Å². The van der Waals surface area contributed by atoms with Crippen LogP contribution in [0.4, 0.5) is 0 Å². The molecule has 0 saturated heterocycles. The average molecular weight is 283 g/mol. The van der Waals surface area contributed by atoms with E-state index in [1.165, 1.54) is 0 Å². The molecule has 1 N–H and O–H groups in total. The maximum Gasteiger partial charge on any atom is 0.123 e. The van der Waals surface area contributed by atoms with Crippen LogP contribution in [0.25, 0.3) is 21.5 Å². The van der Waals surface area contributed by atoms with Crippen LogP contribution in [-0.4, -0.2) is 16.5 Å². The molecule has 0 bridgehead atoms. The van der Waals surface area contributed by atoms with E-state index in [2.05, 4.69) is 53.8 Å². The van der Waals surface area contributed by atoms with Crippen LogP contribution in [0.2, 0.25) is 0 Å². The lowest BCUT2D eigenvalue weighted by molar-refractivity contribution is 0.587. The van der Waals surface area contributed by atoms with Gasteiger partial charge in [0.15, 0.2) is 0 Å². The Hall–Kier alpha value is -1.78. The summed E-state index contributed by atoms with van der Waals surface area (Å²) in [5.41, 5.74) is 3.29. The van der Waals surface area contributed by atoms with Crippen molar-refractivity contribution >= 4 is 22.2 Å². The molecule has 4 heteroatoms. The Bertz CT molecular complexity index is 720. The molecule has 0 radical (unpaired) electrons. The molecule has 0 saturated carbocycles. The largest absolute Gasteiger partial charge is 0.309 e. The Morgan fingerprint density at radius 2 is 2.20 bits per heavy atom. The van der Waals surface area contributed by atoms with Crippen LogP contribution >= 0.6 is 11.3 Å². The Morgan fingerprint density at radius 1 is 1.30 bits per heavy atom. The van der Waals surface area contributed by atoms with Crippen LogP contribution < -0.4 is 5.32 Å². The number of nitrogens with one attached hydrogen (secondary N) is 1. The number of fused-ring (bicyclic) bond motifs is 1. The van der Waals surface area contributed by atoms with Crippen LogP contribution in [0.5, 0.6) is 0 Å². The quantitative estimate of drug-likeness (QED) is 0.785. The van der Waals surface area contributed by atoms with Crippen LogP contribution in [0, 0.1) is 0 Å². The molecule has 20 heavy (non-hydrogen) atoms. The van der Waals surface area contributed by atoms with E-state index in [9.17, 15) is 0 Å². The normalized spacial score (nSPS) is 12.7. The van der Waals surface area contributed by atoms with Gasteiger partial charge in [-0.2, -0.15) is 0 Å². The fourth-order valence-corrected chi connectivity index (χ4v) is 3.15. The number of thiazole rings is 1. The lowest BCUT2D eigenvalue weighted by Crippen LogP contribution is -2.17. The number of rotatable bonds is 4. The minimum atomic E-state index is 0.298. The van der Waals surface area contributed by atoms with Gasteiger partial charge in [-0.1, -0.05) is 13.0 Å². The topological polar surface area (TPSA) is 37.8 Å². The fourth-order valence-electron chi connectivity index (χ4n) is 2.24. The van der Waals surface area contributed by atoms with Gasteiger partial charge in [-0.15, -0.1) is 11.3 Å². The van der Waals surface area contributed by atoms with Crippen molar-refractivity contribution in [2.75, 3.05) is 6.54 Å². The second kappa shape index (κ2) is 5.69. The van der Waals surface area contributed by atoms with Gasteiger partial charge in [0.25, 0.3) is 0 Å². The maximum absolute atomic E-state index is 4.74. The highest BCUT2D eigenvalue weighted by Gasteiger charge is 2.10. The minimum absolute atomic E-state index is 0.298. The van der Waals surface area contributed by atoms with Gasteiger partial charge in [-0.05, 0) is 37.7 Å². The van der Waals surface area contributed by atoms with Crippen molar-refractivity contribution in [1.29, 1.82) is 0 Å². The van der Waals surface area contributed by atoms with Crippen molar-refractivity contribution in [3.8, 4) is 10.6 Å². The van der Waals surface area contributed by atoms with E-state index >= 15 is 0 Å². The van der Waals surface area contributed by atoms with Crippen LogP contribution in [0.1, 0.15) is 25.6 Å². The molecule has 1 aromatic carbocycles. The minimum Gasteiger partial charge on any atom is -0.309 e. The van der Waals surface area contributed by atoms with Crippen molar-refractivity contribution in [3.63, 3.8) is 0 Å². The highest BCUT2D eigenvalue weighted by molar-refractivity contribution is 7.13. The number of nitrogens with zero attached hydrogens (tertiary/aromatic N) is 2. The Balaban J connectivity index is 1.94. The SMILES string of the molecule is CCNC(C)c1csc(-c2ccc3ncccc3c2)n1. The summed E-state index contributed by atoms with van der Waals surface area (Å²) in [5, 5.41) is 7.74. The van der Waals surface area contributed by atoms with E-state index in [-0.39, 0.29) is 0 Å². The van der Waals surface area contributed by atoms with Crippen molar-refractivity contribution < 1.29 is 0 Å². The molecule has 1 unspecified atom stereocenters. The standard InChI is InChI=1S/C16H17N3S/c1-3-17-11(2)15-10-20-16(19-15)13-6-7-14-12(9-13)5-4-8-18-14/h4-11,17H,3H2,1-2H3. The highest BCUT2D eigenvalue weighted by Crippen LogP contribution is 2.28. The first-order chi connectivity index (χ1) is 9.78. The molecule has 102 valence electrons. The summed E-state index contributed by atoms with van der Waals surface area (Å²) in [6.07, 6.45) is 1.82. The van der Waals surface area contributed by atoms with Gasteiger partial charge in [0.05, 0.1) is 11.2 Å². The van der Waals surface area contributed by atoms with E-state index in [1.807, 2.05) is 12.3 Å². The third-order valence-corrected chi connectivity index (χ3v) is 4.24. The molecule has 0 fully saturated rings. The van der Waals surface area contributed by atoms with E-state index in [4.69, 9.17) is 4.98 Å². The number of benzene rings is 1. The summed E-state index contributed by atoms with van der Waals surface area (Å²) in [5.74, 6) is 0. The van der Waals surface area contributed by atoms with Crippen molar-refractivity contribution in [2.24, 2.45) is 0 Å². The summed E-state index contributed by atoms with van der Waals surface area (Å²) in [6, 6.07) is 10.7.